The molecule has 5 nitrogen and oxygen atoms in total. The van der Waals surface area contributed by atoms with Crippen LogP contribution in [0.1, 0.15) is 21.5 Å². The number of anilines is 1. The Balaban J connectivity index is 1.70. The second-order valence-electron chi connectivity index (χ2n) is 6.24. The van der Waals surface area contributed by atoms with Gasteiger partial charge in [-0.1, -0.05) is 40.2 Å². The van der Waals surface area contributed by atoms with Crippen molar-refractivity contribution in [2.45, 2.75) is 13.1 Å². The number of morpholine rings is 1. The van der Waals surface area contributed by atoms with Crippen molar-refractivity contribution in [3.05, 3.63) is 63.4 Å². The number of hydrogen-bond acceptors (Lipinski definition) is 4. The molecule has 1 aliphatic heterocycles. The molecule has 138 valence electrons. The van der Waals surface area contributed by atoms with E-state index in [1.54, 1.807) is 6.07 Å². The Hall–Kier alpha value is -1.96. The fraction of sp³-hybridized carbons (Fsp3) is 0.316. The highest BCUT2D eigenvalue weighted by atomic mass is 79.9. The minimum atomic E-state index is -0.793. The van der Waals surface area contributed by atoms with Gasteiger partial charge >= 0.3 is 0 Å². The van der Waals surface area contributed by atoms with Gasteiger partial charge in [-0.25, -0.2) is 4.39 Å². The van der Waals surface area contributed by atoms with Crippen LogP contribution in [-0.4, -0.2) is 37.1 Å². The summed E-state index contributed by atoms with van der Waals surface area (Å²) in [7, 11) is 0. The van der Waals surface area contributed by atoms with Gasteiger partial charge in [-0.15, -0.1) is 0 Å². The largest absolute Gasteiger partial charge is 0.380 e. The summed E-state index contributed by atoms with van der Waals surface area (Å²) in [5.74, 6) is -1.44. The summed E-state index contributed by atoms with van der Waals surface area (Å²) in [6, 6.07) is 11.1. The Morgan fingerprint density at radius 1 is 1.23 bits per heavy atom. The molecule has 0 radical (unpaired) electrons. The minimum Gasteiger partial charge on any atom is -0.380 e. The van der Waals surface area contributed by atoms with Gasteiger partial charge in [-0.2, -0.15) is 0 Å². The summed E-state index contributed by atoms with van der Waals surface area (Å²) in [5, 5.41) is 3.12. The Morgan fingerprint density at radius 3 is 2.69 bits per heavy atom. The smallest absolute Gasteiger partial charge is 0.253 e. The molecule has 0 aliphatic carbocycles. The van der Waals surface area contributed by atoms with E-state index in [9.17, 15) is 9.18 Å². The number of ether oxygens (including phenoxy) is 1. The SMILES string of the molecule is NC(=O)c1c(F)cc(Br)cc1NCc1cccc(CN2CCOCC2)c1. The molecular formula is C19H21BrFN3O2. The Labute approximate surface area is 160 Å². The zero-order chi connectivity index (χ0) is 18.5. The van der Waals surface area contributed by atoms with E-state index in [2.05, 4.69) is 38.3 Å². The molecule has 1 amide bonds. The fourth-order valence-electron chi connectivity index (χ4n) is 3.02. The van der Waals surface area contributed by atoms with Crippen LogP contribution in [0.2, 0.25) is 0 Å². The monoisotopic (exact) mass is 421 g/mol. The van der Waals surface area contributed by atoms with Crippen LogP contribution in [0.3, 0.4) is 0 Å². The molecule has 0 saturated carbocycles. The first-order valence-electron chi connectivity index (χ1n) is 8.43. The topological polar surface area (TPSA) is 67.6 Å². The molecule has 2 aromatic carbocycles. The molecule has 7 heteroatoms. The molecule has 1 aliphatic rings. The predicted molar refractivity (Wildman–Crippen MR) is 102 cm³/mol. The van der Waals surface area contributed by atoms with Crippen molar-refractivity contribution in [2.75, 3.05) is 31.6 Å². The van der Waals surface area contributed by atoms with Gasteiger partial charge in [0.2, 0.25) is 0 Å². The molecule has 0 aromatic heterocycles. The number of carbonyl (C=O) groups excluding carboxylic acids is 1. The van der Waals surface area contributed by atoms with E-state index in [4.69, 9.17) is 10.5 Å². The number of rotatable bonds is 6. The number of nitrogens with one attached hydrogen (secondary N) is 1. The average Bonchev–Trinajstić information content (AvgIpc) is 2.60. The Morgan fingerprint density at radius 2 is 1.96 bits per heavy atom. The van der Waals surface area contributed by atoms with Gasteiger partial charge in [-0.05, 0) is 23.3 Å². The lowest BCUT2D eigenvalue weighted by Crippen LogP contribution is -2.35. The second-order valence-corrected chi connectivity index (χ2v) is 7.15. The molecule has 26 heavy (non-hydrogen) atoms. The lowest BCUT2D eigenvalue weighted by Gasteiger charge is -2.26. The van der Waals surface area contributed by atoms with Gasteiger partial charge in [0.15, 0.2) is 0 Å². The number of primary amides is 1. The lowest BCUT2D eigenvalue weighted by atomic mass is 10.1. The van der Waals surface area contributed by atoms with Crippen LogP contribution < -0.4 is 11.1 Å². The third kappa shape index (κ3) is 4.81. The van der Waals surface area contributed by atoms with Crippen molar-refractivity contribution in [1.82, 2.24) is 4.90 Å². The van der Waals surface area contributed by atoms with Gasteiger partial charge in [0.1, 0.15) is 5.82 Å². The summed E-state index contributed by atoms with van der Waals surface area (Å²) < 4.78 is 19.9. The standard InChI is InChI=1S/C19H21BrFN3O2/c20-15-9-16(21)18(19(22)25)17(10-15)23-11-13-2-1-3-14(8-13)12-24-4-6-26-7-5-24/h1-3,8-10,23H,4-7,11-12H2,(H2,22,25). The van der Waals surface area contributed by atoms with Gasteiger partial charge in [0.25, 0.3) is 5.91 Å². The van der Waals surface area contributed by atoms with E-state index in [0.717, 1.165) is 38.4 Å². The molecule has 0 bridgehead atoms. The first-order valence-corrected chi connectivity index (χ1v) is 9.23. The Kier molecular flexibility index (Phi) is 6.24. The highest BCUT2D eigenvalue weighted by molar-refractivity contribution is 9.10. The Bertz CT molecular complexity index is 794. The van der Waals surface area contributed by atoms with Crippen LogP contribution in [0.15, 0.2) is 40.9 Å². The third-order valence-electron chi connectivity index (χ3n) is 4.29. The number of hydrogen-bond donors (Lipinski definition) is 2. The maximum Gasteiger partial charge on any atom is 0.253 e. The highest BCUT2D eigenvalue weighted by Crippen LogP contribution is 2.25. The normalized spacial score (nSPS) is 15.0. The summed E-state index contributed by atoms with van der Waals surface area (Å²) >= 11 is 3.24. The van der Waals surface area contributed by atoms with E-state index in [1.807, 2.05) is 12.1 Å². The van der Waals surface area contributed by atoms with Gasteiger partial charge in [0.05, 0.1) is 24.5 Å². The number of halogens is 2. The van der Waals surface area contributed by atoms with Gasteiger partial charge < -0.3 is 15.8 Å². The molecule has 1 saturated heterocycles. The van der Waals surface area contributed by atoms with Crippen molar-refractivity contribution >= 4 is 27.5 Å². The first-order chi connectivity index (χ1) is 12.5. The van der Waals surface area contributed by atoms with E-state index >= 15 is 0 Å². The average molecular weight is 422 g/mol. The molecule has 0 atom stereocenters. The molecular weight excluding hydrogens is 401 g/mol. The summed E-state index contributed by atoms with van der Waals surface area (Å²) in [5.41, 5.74) is 7.82. The van der Waals surface area contributed by atoms with Crippen molar-refractivity contribution < 1.29 is 13.9 Å². The van der Waals surface area contributed by atoms with E-state index in [-0.39, 0.29) is 5.56 Å². The van der Waals surface area contributed by atoms with Gasteiger partial charge in [0, 0.05) is 30.7 Å². The second kappa shape index (κ2) is 8.62. The summed E-state index contributed by atoms with van der Waals surface area (Å²) in [4.78, 5) is 13.9. The minimum absolute atomic E-state index is 0.127. The van der Waals surface area contributed by atoms with Crippen LogP contribution in [0.25, 0.3) is 0 Å². The molecule has 1 fully saturated rings. The fourth-order valence-corrected chi connectivity index (χ4v) is 3.45. The lowest BCUT2D eigenvalue weighted by molar-refractivity contribution is 0.0342. The van der Waals surface area contributed by atoms with Gasteiger partial charge in [-0.3, -0.25) is 9.69 Å². The summed E-state index contributed by atoms with van der Waals surface area (Å²) in [6.45, 7) is 4.74. The first kappa shape index (κ1) is 18.8. The number of nitrogens with zero attached hydrogens (tertiary/aromatic N) is 1. The highest BCUT2D eigenvalue weighted by Gasteiger charge is 2.16. The van der Waals surface area contributed by atoms with Crippen LogP contribution in [0, 0.1) is 5.82 Å². The van der Waals surface area contributed by atoms with Crippen molar-refractivity contribution in [3.8, 4) is 0 Å². The van der Waals surface area contributed by atoms with E-state index < -0.39 is 11.7 Å². The van der Waals surface area contributed by atoms with E-state index in [0.29, 0.717) is 16.7 Å². The number of carbonyl (C=O) groups is 1. The van der Waals surface area contributed by atoms with Crippen LogP contribution in [0.5, 0.6) is 0 Å². The molecule has 0 spiro atoms. The maximum atomic E-state index is 14.0. The third-order valence-corrected chi connectivity index (χ3v) is 4.74. The quantitative estimate of drug-likeness (QED) is 0.751. The molecule has 0 unspecified atom stereocenters. The molecule has 1 heterocycles. The van der Waals surface area contributed by atoms with Crippen LogP contribution >= 0.6 is 15.9 Å². The molecule has 2 aromatic rings. The van der Waals surface area contributed by atoms with E-state index in [1.165, 1.54) is 11.6 Å². The number of nitrogens with two attached hydrogens (primary N) is 1. The molecule has 3 rings (SSSR count). The maximum absolute atomic E-state index is 14.0. The van der Waals surface area contributed by atoms with Crippen molar-refractivity contribution in [3.63, 3.8) is 0 Å². The zero-order valence-electron chi connectivity index (χ0n) is 14.3. The molecule has 3 N–H and O–H groups in total. The van der Waals surface area contributed by atoms with Crippen LogP contribution in [-0.2, 0) is 17.8 Å². The predicted octanol–water partition coefficient (Wildman–Crippen LogP) is 3.13. The number of benzene rings is 2. The number of amides is 1. The zero-order valence-corrected chi connectivity index (χ0v) is 15.9. The summed E-state index contributed by atoms with van der Waals surface area (Å²) in [6.07, 6.45) is 0. The van der Waals surface area contributed by atoms with Crippen LogP contribution in [0.4, 0.5) is 10.1 Å². The van der Waals surface area contributed by atoms with Crippen molar-refractivity contribution in [1.29, 1.82) is 0 Å². The van der Waals surface area contributed by atoms with Crippen molar-refractivity contribution in [2.24, 2.45) is 5.73 Å².